The topological polar surface area (TPSA) is 0 Å². The van der Waals surface area contributed by atoms with Crippen molar-refractivity contribution in [3.8, 4) is 0 Å². The first-order chi connectivity index (χ1) is 3.25. The number of hydrogen-bond acceptors (Lipinski definition) is 1. The van der Waals surface area contributed by atoms with Crippen LogP contribution in [0.3, 0.4) is 0 Å². The molecule has 8 heavy (non-hydrogen) atoms. The Balaban J connectivity index is 4.02. The van der Waals surface area contributed by atoms with Gasteiger partial charge in [0, 0.05) is 0 Å². The molecule has 0 nitrogen and oxygen atoms in total. The molecule has 0 aromatic rings. The Labute approximate surface area is 54.7 Å². The number of thiol groups is 1. The van der Waals surface area contributed by atoms with Crippen LogP contribution < -0.4 is 0 Å². The zero-order valence-electron chi connectivity index (χ0n) is 5.20. The molecule has 0 fully saturated rings. The zero-order chi connectivity index (χ0) is 7.00. The summed E-state index contributed by atoms with van der Waals surface area (Å²) in [5.41, 5.74) is 0. The molecular weight excluding hydrogens is 146 g/mol. The van der Waals surface area contributed by atoms with Gasteiger partial charge in [0.25, 0.3) is 4.88 Å². The van der Waals surface area contributed by atoms with Gasteiger partial charge in [-0.25, -0.2) is 8.78 Å². The molecule has 0 aromatic carbocycles. The summed E-state index contributed by atoms with van der Waals surface area (Å²) in [5.74, 6) is 0. The van der Waals surface area contributed by atoms with Crippen LogP contribution in [0.5, 0.6) is 0 Å². The van der Waals surface area contributed by atoms with Crippen molar-refractivity contribution in [3.05, 3.63) is 0 Å². The van der Waals surface area contributed by atoms with E-state index >= 15 is 0 Å². The summed E-state index contributed by atoms with van der Waals surface area (Å²) in [7, 11) is -2.33. The van der Waals surface area contributed by atoms with Gasteiger partial charge in [-0.05, 0) is 0 Å². The fourth-order valence-electron chi connectivity index (χ4n) is 0. The van der Waals surface area contributed by atoms with Crippen molar-refractivity contribution in [1.29, 1.82) is 0 Å². The van der Waals surface area contributed by atoms with Gasteiger partial charge in [-0.15, -0.1) is 12.6 Å². The minimum Gasteiger partial charge on any atom is -0.200 e. The van der Waals surface area contributed by atoms with E-state index in [9.17, 15) is 8.78 Å². The summed E-state index contributed by atoms with van der Waals surface area (Å²) in [6.45, 7) is 4.75. The van der Waals surface area contributed by atoms with Crippen LogP contribution in [0.1, 0.15) is 0 Å². The lowest BCUT2D eigenvalue weighted by molar-refractivity contribution is 0.190. The quantitative estimate of drug-likeness (QED) is 0.437. The van der Waals surface area contributed by atoms with Crippen LogP contribution in [0, 0.1) is 0 Å². The van der Waals surface area contributed by atoms with Gasteiger partial charge in [0.15, 0.2) is 0 Å². The standard InChI is InChI=1S/C4H10F2SSi/c1-8(2,3)4(5,6)7/h7H,1-3H3. The molecule has 0 aliphatic rings. The molecule has 0 unspecified atom stereocenters. The molecule has 0 radical (unpaired) electrons. The number of alkyl halides is 2. The van der Waals surface area contributed by atoms with Crippen molar-refractivity contribution >= 4 is 20.7 Å². The first-order valence-electron chi connectivity index (χ1n) is 2.35. The van der Waals surface area contributed by atoms with Gasteiger partial charge in [0.1, 0.15) is 8.07 Å². The van der Waals surface area contributed by atoms with Gasteiger partial charge in [-0.1, -0.05) is 19.6 Å². The molecule has 0 rings (SSSR count). The molecule has 0 aliphatic carbocycles. The summed E-state index contributed by atoms with van der Waals surface area (Å²) < 4.78 is 24.3. The molecule has 0 saturated heterocycles. The molecule has 0 spiro atoms. The van der Waals surface area contributed by atoms with E-state index in [1.165, 1.54) is 0 Å². The predicted octanol–water partition coefficient (Wildman–Crippen LogP) is 2.39. The van der Waals surface area contributed by atoms with E-state index in [-0.39, 0.29) is 0 Å². The Bertz CT molecular complexity index is 69.0. The average Bonchev–Trinajstić information content (AvgIpc) is 1.25. The van der Waals surface area contributed by atoms with Crippen molar-refractivity contribution in [1.82, 2.24) is 0 Å². The maximum Gasteiger partial charge on any atom is 0.269 e. The molecule has 0 N–H and O–H groups in total. The van der Waals surface area contributed by atoms with Crippen molar-refractivity contribution in [2.75, 3.05) is 0 Å². The van der Waals surface area contributed by atoms with Crippen LogP contribution in [0.4, 0.5) is 8.78 Å². The van der Waals surface area contributed by atoms with E-state index in [1.807, 2.05) is 0 Å². The zero-order valence-corrected chi connectivity index (χ0v) is 7.10. The maximum atomic E-state index is 12.2. The second-order valence-corrected chi connectivity index (χ2v) is 8.90. The third-order valence-corrected chi connectivity index (χ3v) is 4.72. The number of hydrogen-bond donors (Lipinski definition) is 1. The SMILES string of the molecule is C[Si](C)(C)C(F)(F)S. The molecule has 0 bridgehead atoms. The third-order valence-electron chi connectivity index (χ3n) is 0.902. The Hall–Kier alpha value is 0.427. The minimum absolute atomic E-state index is 1.58. The summed E-state index contributed by atoms with van der Waals surface area (Å²) in [4.78, 5) is -2.73. The Kier molecular flexibility index (Phi) is 2.09. The first kappa shape index (κ1) is 8.43. The molecule has 0 atom stereocenters. The van der Waals surface area contributed by atoms with E-state index in [4.69, 9.17) is 0 Å². The largest absolute Gasteiger partial charge is 0.269 e. The van der Waals surface area contributed by atoms with Crippen LogP contribution in [0.15, 0.2) is 0 Å². The number of halogens is 2. The van der Waals surface area contributed by atoms with Crippen LogP contribution in [0.25, 0.3) is 0 Å². The molecule has 0 aromatic heterocycles. The first-order valence-corrected chi connectivity index (χ1v) is 6.30. The van der Waals surface area contributed by atoms with Crippen LogP contribution in [-0.2, 0) is 0 Å². The summed E-state index contributed by atoms with van der Waals surface area (Å²) in [6.07, 6.45) is 0. The van der Waals surface area contributed by atoms with Crippen molar-refractivity contribution in [2.45, 2.75) is 24.5 Å². The molecular formula is C4H10F2SSi. The Morgan fingerprint density at radius 3 is 1.38 bits per heavy atom. The lowest BCUT2D eigenvalue weighted by Crippen LogP contribution is -2.40. The second-order valence-electron chi connectivity index (χ2n) is 2.79. The van der Waals surface area contributed by atoms with Gasteiger partial charge >= 0.3 is 0 Å². The highest BCUT2D eigenvalue weighted by molar-refractivity contribution is 7.83. The van der Waals surface area contributed by atoms with E-state index in [0.29, 0.717) is 0 Å². The average molecular weight is 156 g/mol. The van der Waals surface area contributed by atoms with E-state index in [1.54, 1.807) is 19.6 Å². The summed E-state index contributed by atoms with van der Waals surface area (Å²) >= 11 is 3.16. The van der Waals surface area contributed by atoms with E-state index < -0.39 is 13.0 Å². The van der Waals surface area contributed by atoms with Gasteiger partial charge < -0.3 is 0 Å². The number of rotatable bonds is 1. The Morgan fingerprint density at radius 1 is 1.25 bits per heavy atom. The monoisotopic (exact) mass is 156 g/mol. The van der Waals surface area contributed by atoms with E-state index in [0.717, 1.165) is 0 Å². The molecule has 0 saturated carbocycles. The van der Waals surface area contributed by atoms with Crippen molar-refractivity contribution in [3.63, 3.8) is 0 Å². The summed E-state index contributed by atoms with van der Waals surface area (Å²) in [5, 5.41) is 0. The minimum atomic E-state index is -2.73. The van der Waals surface area contributed by atoms with Crippen LogP contribution >= 0.6 is 12.6 Å². The molecule has 0 amide bonds. The third kappa shape index (κ3) is 2.13. The van der Waals surface area contributed by atoms with Crippen molar-refractivity contribution < 1.29 is 8.78 Å². The van der Waals surface area contributed by atoms with Gasteiger partial charge in [0.2, 0.25) is 0 Å². The summed E-state index contributed by atoms with van der Waals surface area (Å²) in [6, 6.07) is 0. The van der Waals surface area contributed by atoms with Crippen molar-refractivity contribution in [2.24, 2.45) is 0 Å². The van der Waals surface area contributed by atoms with Gasteiger partial charge in [-0.3, -0.25) is 0 Å². The fourth-order valence-corrected chi connectivity index (χ4v) is 0. The highest BCUT2D eigenvalue weighted by Gasteiger charge is 2.40. The van der Waals surface area contributed by atoms with Crippen LogP contribution in [-0.4, -0.2) is 13.0 Å². The highest BCUT2D eigenvalue weighted by Crippen LogP contribution is 2.29. The fraction of sp³-hybridized carbons (Fsp3) is 1.00. The molecule has 0 heterocycles. The normalized spacial score (nSPS) is 14.2. The molecule has 50 valence electrons. The van der Waals surface area contributed by atoms with Gasteiger partial charge in [0.05, 0.1) is 0 Å². The smallest absolute Gasteiger partial charge is 0.200 e. The van der Waals surface area contributed by atoms with Gasteiger partial charge in [-0.2, -0.15) is 0 Å². The molecule has 0 aliphatic heterocycles. The molecule has 4 heteroatoms. The lowest BCUT2D eigenvalue weighted by atomic mass is 11.6. The van der Waals surface area contributed by atoms with E-state index in [2.05, 4.69) is 12.6 Å². The second kappa shape index (κ2) is 1.99. The lowest BCUT2D eigenvalue weighted by Gasteiger charge is -2.22. The predicted molar refractivity (Wildman–Crippen MR) is 37.3 cm³/mol. The maximum absolute atomic E-state index is 12.2. The highest BCUT2D eigenvalue weighted by atomic mass is 32.1. The van der Waals surface area contributed by atoms with Crippen LogP contribution in [0.2, 0.25) is 19.6 Å². The Morgan fingerprint density at radius 2 is 1.38 bits per heavy atom.